The number of ether oxygens (including phenoxy) is 1. The van der Waals surface area contributed by atoms with Gasteiger partial charge in [-0.3, -0.25) is 9.59 Å². The Morgan fingerprint density at radius 3 is 2.72 bits per heavy atom. The number of rotatable bonds is 6. The minimum Gasteiger partial charge on any atom is -0.481 e. The lowest BCUT2D eigenvalue weighted by atomic mass is 9.99. The van der Waals surface area contributed by atoms with Gasteiger partial charge in [0.25, 0.3) is 5.91 Å². The minimum absolute atomic E-state index is 0.128. The number of nitrogens with zero attached hydrogens (tertiary/aromatic N) is 1. The van der Waals surface area contributed by atoms with Gasteiger partial charge in [-0.25, -0.2) is 4.98 Å². The molecular weight excluding hydrogens is 256 g/mol. The summed E-state index contributed by atoms with van der Waals surface area (Å²) >= 11 is 1.22. The van der Waals surface area contributed by atoms with Crippen molar-refractivity contribution >= 4 is 23.2 Å². The van der Waals surface area contributed by atoms with E-state index in [1.54, 1.807) is 19.4 Å². The van der Waals surface area contributed by atoms with Crippen molar-refractivity contribution in [3.8, 4) is 0 Å². The lowest BCUT2D eigenvalue weighted by Gasteiger charge is -2.28. The Hall–Kier alpha value is -1.47. The molecule has 1 aromatic rings. The number of nitrogens with one attached hydrogen (secondary N) is 1. The van der Waals surface area contributed by atoms with Crippen molar-refractivity contribution < 1.29 is 19.4 Å². The van der Waals surface area contributed by atoms with Gasteiger partial charge in [-0.2, -0.15) is 0 Å². The van der Waals surface area contributed by atoms with E-state index < -0.39 is 11.5 Å². The van der Waals surface area contributed by atoms with Gasteiger partial charge in [0, 0.05) is 7.11 Å². The third kappa shape index (κ3) is 3.78. The van der Waals surface area contributed by atoms with Crippen LogP contribution in [0.15, 0.2) is 5.51 Å². The van der Waals surface area contributed by atoms with Gasteiger partial charge in [0.2, 0.25) is 0 Å². The molecule has 1 amide bonds. The average Bonchev–Trinajstić information content (AvgIpc) is 2.62. The summed E-state index contributed by atoms with van der Waals surface area (Å²) in [5.41, 5.74) is 1.27. The summed E-state index contributed by atoms with van der Waals surface area (Å²) in [6, 6.07) is 0. The first-order chi connectivity index (χ1) is 8.38. The van der Waals surface area contributed by atoms with Gasteiger partial charge < -0.3 is 15.2 Å². The fraction of sp³-hybridized carbons (Fsp3) is 0.545. The van der Waals surface area contributed by atoms with Crippen LogP contribution >= 0.6 is 11.3 Å². The SMILES string of the molecule is COC[C@](C)(CC(=O)O)NC(=O)c1scnc1C. The van der Waals surface area contributed by atoms with Crippen molar-refractivity contribution in [1.82, 2.24) is 10.3 Å². The van der Waals surface area contributed by atoms with Gasteiger partial charge >= 0.3 is 5.97 Å². The number of carbonyl (C=O) groups is 2. The summed E-state index contributed by atoms with van der Waals surface area (Å²) in [7, 11) is 1.46. The molecule has 1 atom stereocenters. The zero-order valence-corrected chi connectivity index (χ0v) is 11.3. The summed E-state index contributed by atoms with van der Waals surface area (Å²) in [5.74, 6) is -1.31. The zero-order valence-electron chi connectivity index (χ0n) is 10.5. The number of methoxy groups -OCH3 is 1. The van der Waals surface area contributed by atoms with Crippen LogP contribution < -0.4 is 5.32 Å². The van der Waals surface area contributed by atoms with E-state index in [9.17, 15) is 9.59 Å². The lowest BCUT2D eigenvalue weighted by Crippen LogP contribution is -2.50. The third-order valence-electron chi connectivity index (χ3n) is 2.37. The number of hydrogen-bond donors (Lipinski definition) is 2. The molecule has 0 aliphatic carbocycles. The molecule has 1 rings (SSSR count). The van der Waals surface area contributed by atoms with Crippen LogP contribution in [0.3, 0.4) is 0 Å². The monoisotopic (exact) mass is 272 g/mol. The molecule has 0 bridgehead atoms. The Labute approximate surface area is 109 Å². The molecule has 0 saturated carbocycles. The molecule has 0 unspecified atom stereocenters. The Morgan fingerprint density at radius 1 is 1.61 bits per heavy atom. The van der Waals surface area contributed by atoms with Crippen molar-refractivity contribution in [3.05, 3.63) is 16.1 Å². The first kappa shape index (κ1) is 14.6. The van der Waals surface area contributed by atoms with Crippen LogP contribution in [-0.4, -0.2) is 41.2 Å². The number of thiazole rings is 1. The molecule has 18 heavy (non-hydrogen) atoms. The number of carbonyl (C=O) groups excluding carboxylic acids is 1. The number of aromatic nitrogens is 1. The Morgan fingerprint density at radius 2 is 2.28 bits per heavy atom. The quantitative estimate of drug-likeness (QED) is 0.808. The van der Waals surface area contributed by atoms with Crippen LogP contribution in [0, 0.1) is 6.92 Å². The van der Waals surface area contributed by atoms with E-state index >= 15 is 0 Å². The van der Waals surface area contributed by atoms with Crippen LogP contribution in [0.2, 0.25) is 0 Å². The number of aliphatic carboxylic acids is 1. The number of amides is 1. The van der Waals surface area contributed by atoms with Crippen molar-refractivity contribution in [1.29, 1.82) is 0 Å². The maximum Gasteiger partial charge on any atom is 0.305 e. The summed E-state index contributed by atoms with van der Waals surface area (Å²) < 4.78 is 4.97. The van der Waals surface area contributed by atoms with Gasteiger partial charge in [0.05, 0.1) is 29.8 Å². The normalized spacial score (nSPS) is 13.9. The van der Waals surface area contributed by atoms with E-state index in [1.807, 2.05) is 0 Å². The van der Waals surface area contributed by atoms with Gasteiger partial charge in [-0.1, -0.05) is 0 Å². The second-order valence-corrected chi connectivity index (χ2v) is 5.14. The number of hydrogen-bond acceptors (Lipinski definition) is 5. The predicted molar refractivity (Wildman–Crippen MR) is 66.9 cm³/mol. The molecule has 0 aromatic carbocycles. The van der Waals surface area contributed by atoms with E-state index in [-0.39, 0.29) is 18.9 Å². The Kier molecular flexibility index (Phi) is 4.80. The van der Waals surface area contributed by atoms with E-state index in [1.165, 1.54) is 18.4 Å². The Bertz CT molecular complexity index is 446. The lowest BCUT2D eigenvalue weighted by molar-refractivity contribution is -0.139. The summed E-state index contributed by atoms with van der Waals surface area (Å²) in [4.78, 5) is 27.3. The van der Waals surface area contributed by atoms with Gasteiger partial charge in [0.1, 0.15) is 4.88 Å². The van der Waals surface area contributed by atoms with E-state index in [2.05, 4.69) is 10.3 Å². The largest absolute Gasteiger partial charge is 0.481 e. The molecule has 0 aliphatic rings. The van der Waals surface area contributed by atoms with Crippen molar-refractivity contribution in [3.63, 3.8) is 0 Å². The average molecular weight is 272 g/mol. The highest BCUT2D eigenvalue weighted by Crippen LogP contribution is 2.16. The number of aryl methyl sites for hydroxylation is 1. The van der Waals surface area contributed by atoms with E-state index in [4.69, 9.17) is 9.84 Å². The van der Waals surface area contributed by atoms with Crippen LogP contribution in [0.25, 0.3) is 0 Å². The minimum atomic E-state index is -0.990. The molecular formula is C11H16N2O4S. The second-order valence-electron chi connectivity index (χ2n) is 4.29. The highest BCUT2D eigenvalue weighted by Gasteiger charge is 2.30. The zero-order chi connectivity index (χ0) is 13.8. The van der Waals surface area contributed by atoms with Crippen LogP contribution in [0.1, 0.15) is 28.7 Å². The summed E-state index contributed by atoms with van der Waals surface area (Å²) in [6.07, 6.45) is -0.204. The molecule has 0 radical (unpaired) electrons. The molecule has 0 aliphatic heterocycles. The third-order valence-corrected chi connectivity index (χ3v) is 3.30. The van der Waals surface area contributed by atoms with Crippen molar-refractivity contribution in [2.45, 2.75) is 25.8 Å². The molecule has 0 saturated heterocycles. The van der Waals surface area contributed by atoms with E-state index in [0.717, 1.165) is 0 Å². The van der Waals surface area contributed by atoms with Crippen LogP contribution in [0.5, 0.6) is 0 Å². The highest BCUT2D eigenvalue weighted by molar-refractivity contribution is 7.11. The molecule has 0 fully saturated rings. The van der Waals surface area contributed by atoms with Crippen LogP contribution in [-0.2, 0) is 9.53 Å². The molecule has 1 aromatic heterocycles. The standard InChI is InChI=1S/C11H16N2O4S/c1-7-9(18-6-12-7)10(16)13-11(2,5-17-3)4-8(14)15/h6H,4-5H2,1-3H3,(H,13,16)(H,14,15)/t11-/m0/s1. The van der Waals surface area contributed by atoms with Crippen molar-refractivity contribution in [2.24, 2.45) is 0 Å². The highest BCUT2D eigenvalue weighted by atomic mass is 32.1. The first-order valence-electron chi connectivity index (χ1n) is 5.31. The summed E-state index contributed by atoms with van der Waals surface area (Å²) in [5, 5.41) is 11.6. The molecule has 6 nitrogen and oxygen atoms in total. The van der Waals surface area contributed by atoms with Crippen LogP contribution in [0.4, 0.5) is 0 Å². The maximum absolute atomic E-state index is 12.0. The number of carboxylic acid groups (broad SMARTS) is 1. The predicted octanol–water partition coefficient (Wildman–Crippen LogP) is 1.06. The summed E-state index contributed by atoms with van der Waals surface area (Å²) in [6.45, 7) is 3.50. The molecule has 2 N–H and O–H groups in total. The van der Waals surface area contributed by atoms with Gasteiger partial charge in [-0.05, 0) is 13.8 Å². The second kappa shape index (κ2) is 5.92. The number of carboxylic acids is 1. The van der Waals surface area contributed by atoms with Crippen molar-refractivity contribution in [2.75, 3.05) is 13.7 Å². The Balaban J connectivity index is 2.81. The molecule has 0 spiro atoms. The molecule has 100 valence electrons. The fourth-order valence-corrected chi connectivity index (χ4v) is 2.33. The molecule has 7 heteroatoms. The molecule has 1 heterocycles. The topological polar surface area (TPSA) is 88.5 Å². The fourth-order valence-electron chi connectivity index (χ4n) is 1.63. The van der Waals surface area contributed by atoms with E-state index in [0.29, 0.717) is 10.6 Å². The van der Waals surface area contributed by atoms with Gasteiger partial charge in [-0.15, -0.1) is 11.3 Å². The maximum atomic E-state index is 12.0. The first-order valence-corrected chi connectivity index (χ1v) is 6.19. The van der Waals surface area contributed by atoms with Gasteiger partial charge in [0.15, 0.2) is 0 Å². The smallest absolute Gasteiger partial charge is 0.305 e.